The third kappa shape index (κ3) is 6.82. The van der Waals surface area contributed by atoms with E-state index in [1.165, 1.54) is 6.92 Å². The van der Waals surface area contributed by atoms with Gasteiger partial charge in [0, 0.05) is 41.4 Å². The van der Waals surface area contributed by atoms with Crippen LogP contribution in [0.1, 0.15) is 60.6 Å². The second kappa shape index (κ2) is 11.4. The number of carbonyl (C=O) groups excluding carboxylic acids is 2. The number of nitrogens with two attached hydrogens (primary N) is 1. The molecule has 2 amide bonds. The smallest absolute Gasteiger partial charge is 0.255 e. The van der Waals surface area contributed by atoms with Crippen LogP contribution in [-0.4, -0.2) is 31.9 Å². The van der Waals surface area contributed by atoms with E-state index in [4.69, 9.17) is 5.73 Å². The van der Waals surface area contributed by atoms with Crippen molar-refractivity contribution < 1.29 is 14.7 Å². The first kappa shape index (κ1) is 27.4. The average Bonchev–Trinajstić information content (AvgIpc) is 2.88. The van der Waals surface area contributed by atoms with Gasteiger partial charge in [-0.05, 0) is 46.9 Å². The highest BCUT2D eigenvalue weighted by Gasteiger charge is 2.18. The molecule has 5 N–H and O–H groups in total. The van der Waals surface area contributed by atoms with E-state index in [0.717, 1.165) is 11.1 Å². The first-order valence-corrected chi connectivity index (χ1v) is 12.6. The lowest BCUT2D eigenvalue weighted by molar-refractivity contribution is -0.114. The van der Waals surface area contributed by atoms with E-state index in [1.807, 2.05) is 24.3 Å². The van der Waals surface area contributed by atoms with Gasteiger partial charge >= 0.3 is 0 Å². The first-order valence-electron chi connectivity index (χ1n) is 12.6. The zero-order valence-electron chi connectivity index (χ0n) is 22.4. The number of hydrogen-bond donors (Lipinski definition) is 4. The lowest BCUT2D eigenvalue weighted by Crippen LogP contribution is -2.15. The third-order valence-electron chi connectivity index (χ3n) is 6.17. The molecule has 4 rings (SSSR count). The van der Waals surface area contributed by atoms with E-state index in [0.29, 0.717) is 46.1 Å². The van der Waals surface area contributed by atoms with Crippen molar-refractivity contribution in [2.75, 3.05) is 16.4 Å². The Morgan fingerprint density at radius 1 is 0.897 bits per heavy atom. The molecule has 3 aromatic carbocycles. The number of rotatable bonds is 7. The number of amides is 2. The molecule has 0 aliphatic heterocycles. The molecule has 0 fully saturated rings. The van der Waals surface area contributed by atoms with Gasteiger partial charge in [-0.3, -0.25) is 9.59 Å². The van der Waals surface area contributed by atoms with Gasteiger partial charge in [-0.25, -0.2) is 4.98 Å². The maximum absolute atomic E-state index is 13.0. The molecule has 1 aromatic heterocycles. The number of aromatic nitrogens is 3. The molecule has 200 valence electrons. The summed E-state index contributed by atoms with van der Waals surface area (Å²) in [5.74, 6) is 0.348. The summed E-state index contributed by atoms with van der Waals surface area (Å²) in [5, 5.41) is 15.9. The fourth-order valence-corrected chi connectivity index (χ4v) is 4.13. The molecule has 1 heterocycles. The molecular formula is C30H32N6O3. The van der Waals surface area contributed by atoms with Crippen molar-refractivity contribution in [1.82, 2.24) is 15.0 Å². The number of aliphatic hydroxyl groups is 1. The van der Waals surface area contributed by atoms with Crippen LogP contribution in [0.3, 0.4) is 0 Å². The summed E-state index contributed by atoms with van der Waals surface area (Å²) in [6.07, 6.45) is 0.384. The SMILES string of the molecule is CC(=O)Nc1ccc(Cc2nc(N)nc(-c3cccc(NC(=O)c4ccc(C(C)(C)C)cc4)c3CO)n2)cc1. The molecular weight excluding hydrogens is 492 g/mol. The van der Waals surface area contributed by atoms with Crippen molar-refractivity contribution in [2.45, 2.75) is 46.1 Å². The Bertz CT molecular complexity index is 1490. The summed E-state index contributed by atoms with van der Waals surface area (Å²) in [6, 6.07) is 20.1. The van der Waals surface area contributed by atoms with Gasteiger partial charge in [0.2, 0.25) is 11.9 Å². The molecule has 0 aliphatic rings. The highest BCUT2D eigenvalue weighted by molar-refractivity contribution is 6.05. The predicted molar refractivity (Wildman–Crippen MR) is 152 cm³/mol. The summed E-state index contributed by atoms with van der Waals surface area (Å²) < 4.78 is 0. The van der Waals surface area contributed by atoms with Crippen LogP contribution in [0.5, 0.6) is 0 Å². The topological polar surface area (TPSA) is 143 Å². The van der Waals surface area contributed by atoms with Gasteiger partial charge in [-0.2, -0.15) is 9.97 Å². The van der Waals surface area contributed by atoms with Crippen LogP contribution in [0.2, 0.25) is 0 Å². The van der Waals surface area contributed by atoms with Crippen LogP contribution in [-0.2, 0) is 23.2 Å². The summed E-state index contributed by atoms with van der Waals surface area (Å²) in [5.41, 5.74) is 10.7. The summed E-state index contributed by atoms with van der Waals surface area (Å²) in [4.78, 5) is 37.4. The second-order valence-corrected chi connectivity index (χ2v) is 10.3. The largest absolute Gasteiger partial charge is 0.392 e. The minimum absolute atomic E-state index is 0.0191. The average molecular weight is 525 g/mol. The van der Waals surface area contributed by atoms with Crippen molar-refractivity contribution in [2.24, 2.45) is 0 Å². The molecule has 0 aliphatic carbocycles. The Kier molecular flexibility index (Phi) is 8.01. The number of aliphatic hydroxyl groups excluding tert-OH is 1. The molecule has 4 aromatic rings. The van der Waals surface area contributed by atoms with E-state index in [1.54, 1.807) is 42.5 Å². The van der Waals surface area contributed by atoms with E-state index in [-0.39, 0.29) is 29.8 Å². The minimum Gasteiger partial charge on any atom is -0.392 e. The molecule has 39 heavy (non-hydrogen) atoms. The highest BCUT2D eigenvalue weighted by Crippen LogP contribution is 2.29. The van der Waals surface area contributed by atoms with Crippen LogP contribution < -0.4 is 16.4 Å². The molecule has 0 unspecified atom stereocenters. The lowest BCUT2D eigenvalue weighted by Gasteiger charge is -2.19. The van der Waals surface area contributed by atoms with E-state index in [9.17, 15) is 14.7 Å². The third-order valence-corrected chi connectivity index (χ3v) is 6.17. The summed E-state index contributed by atoms with van der Waals surface area (Å²) in [6.45, 7) is 7.45. The van der Waals surface area contributed by atoms with Crippen molar-refractivity contribution in [3.05, 3.63) is 94.8 Å². The van der Waals surface area contributed by atoms with E-state index in [2.05, 4.69) is 46.4 Å². The van der Waals surface area contributed by atoms with Crippen molar-refractivity contribution in [3.8, 4) is 11.4 Å². The monoisotopic (exact) mass is 524 g/mol. The van der Waals surface area contributed by atoms with Crippen LogP contribution >= 0.6 is 0 Å². The van der Waals surface area contributed by atoms with E-state index < -0.39 is 0 Å². The fourth-order valence-electron chi connectivity index (χ4n) is 4.13. The summed E-state index contributed by atoms with van der Waals surface area (Å²) in [7, 11) is 0. The van der Waals surface area contributed by atoms with Crippen LogP contribution in [0.4, 0.5) is 17.3 Å². The second-order valence-electron chi connectivity index (χ2n) is 10.3. The van der Waals surface area contributed by atoms with Gasteiger partial charge in [0.1, 0.15) is 5.82 Å². The van der Waals surface area contributed by atoms with E-state index >= 15 is 0 Å². The Morgan fingerprint density at radius 3 is 2.21 bits per heavy atom. The number of anilines is 3. The number of benzene rings is 3. The van der Waals surface area contributed by atoms with Gasteiger partial charge in [-0.1, -0.05) is 57.2 Å². The van der Waals surface area contributed by atoms with Crippen LogP contribution in [0.25, 0.3) is 11.4 Å². The first-order chi connectivity index (χ1) is 18.5. The van der Waals surface area contributed by atoms with Gasteiger partial charge in [0.15, 0.2) is 5.82 Å². The zero-order valence-corrected chi connectivity index (χ0v) is 22.4. The number of hydrogen-bond acceptors (Lipinski definition) is 7. The molecule has 9 heteroatoms. The number of nitrogen functional groups attached to an aromatic ring is 1. The Balaban J connectivity index is 1.59. The molecule has 0 spiro atoms. The Labute approximate surface area is 227 Å². The van der Waals surface area contributed by atoms with Gasteiger partial charge in [0.05, 0.1) is 6.61 Å². The minimum atomic E-state index is -0.347. The van der Waals surface area contributed by atoms with Gasteiger partial charge in [-0.15, -0.1) is 0 Å². The fraction of sp³-hybridized carbons (Fsp3) is 0.233. The molecule has 0 radical (unpaired) electrons. The number of nitrogens with one attached hydrogen (secondary N) is 2. The summed E-state index contributed by atoms with van der Waals surface area (Å²) >= 11 is 0. The van der Waals surface area contributed by atoms with Crippen molar-refractivity contribution in [1.29, 1.82) is 0 Å². The van der Waals surface area contributed by atoms with Crippen LogP contribution in [0.15, 0.2) is 66.7 Å². The molecule has 0 saturated heterocycles. The molecule has 9 nitrogen and oxygen atoms in total. The number of nitrogens with zero attached hydrogens (tertiary/aromatic N) is 3. The lowest BCUT2D eigenvalue weighted by atomic mass is 9.86. The molecule has 0 saturated carbocycles. The Hall–Kier alpha value is -4.63. The predicted octanol–water partition coefficient (Wildman–Crippen LogP) is 4.71. The van der Waals surface area contributed by atoms with Gasteiger partial charge in [0.25, 0.3) is 5.91 Å². The molecule has 0 atom stereocenters. The van der Waals surface area contributed by atoms with Crippen molar-refractivity contribution >= 4 is 29.1 Å². The Morgan fingerprint density at radius 2 is 1.59 bits per heavy atom. The quantitative estimate of drug-likeness (QED) is 0.274. The van der Waals surface area contributed by atoms with Crippen molar-refractivity contribution in [3.63, 3.8) is 0 Å². The number of carbonyl (C=O) groups is 2. The maximum Gasteiger partial charge on any atom is 0.255 e. The standard InChI is InChI=1S/C30H32N6O3/c1-18(38)32-22-14-8-19(9-15-22)16-26-34-27(36-29(31)35-26)23-6-5-7-25(24(23)17-37)33-28(39)20-10-12-21(13-11-20)30(2,3)4/h5-15,37H,16-17H2,1-4H3,(H,32,38)(H,33,39)(H2,31,34,35,36). The highest BCUT2D eigenvalue weighted by atomic mass is 16.3. The maximum atomic E-state index is 13.0. The normalized spacial score (nSPS) is 11.2. The zero-order chi connectivity index (χ0) is 28.2. The molecule has 0 bridgehead atoms. The van der Waals surface area contributed by atoms with Gasteiger partial charge < -0.3 is 21.5 Å². The van der Waals surface area contributed by atoms with Crippen LogP contribution in [0, 0.1) is 0 Å².